The minimum atomic E-state index is 0.676. The Balaban J connectivity index is 1.49. The van der Waals surface area contributed by atoms with Gasteiger partial charge >= 0.3 is 0 Å². The zero-order valence-electron chi connectivity index (χ0n) is 14.0. The highest BCUT2D eigenvalue weighted by molar-refractivity contribution is 7.98. The van der Waals surface area contributed by atoms with Crippen LogP contribution in [0.25, 0.3) is 0 Å². The summed E-state index contributed by atoms with van der Waals surface area (Å²) in [5.41, 5.74) is 2.30. The van der Waals surface area contributed by atoms with Crippen LogP contribution in [-0.2, 0) is 12.3 Å². The van der Waals surface area contributed by atoms with Crippen molar-refractivity contribution in [1.29, 1.82) is 0 Å². The van der Waals surface area contributed by atoms with Crippen LogP contribution in [0.1, 0.15) is 12.5 Å². The molecule has 128 valence electrons. The number of rotatable bonds is 6. The van der Waals surface area contributed by atoms with Gasteiger partial charge < -0.3 is 9.64 Å². The number of nitrogens with zero attached hydrogens (tertiary/aromatic N) is 5. The largest absolute Gasteiger partial charge is 0.494 e. The van der Waals surface area contributed by atoms with Gasteiger partial charge in [0, 0.05) is 36.9 Å². The van der Waals surface area contributed by atoms with Gasteiger partial charge in [0.1, 0.15) is 5.75 Å². The third-order valence-corrected chi connectivity index (χ3v) is 5.07. The molecule has 25 heavy (non-hydrogen) atoms. The molecule has 1 aliphatic heterocycles. The number of benzene rings is 1. The zero-order valence-corrected chi connectivity index (χ0v) is 14.8. The summed E-state index contributed by atoms with van der Waals surface area (Å²) >= 11 is 1.69. The number of thioether (sulfide) groups is 1. The van der Waals surface area contributed by atoms with E-state index in [0.29, 0.717) is 6.61 Å². The Hall–Kier alpha value is -2.54. The van der Waals surface area contributed by atoms with Crippen LogP contribution in [0.3, 0.4) is 0 Å². The van der Waals surface area contributed by atoms with Crippen LogP contribution in [0.4, 0.5) is 11.6 Å². The van der Waals surface area contributed by atoms with E-state index in [1.54, 1.807) is 18.0 Å². The summed E-state index contributed by atoms with van der Waals surface area (Å²) in [5, 5.41) is 9.71. The molecule has 0 unspecified atom stereocenters. The highest BCUT2D eigenvalue weighted by Crippen LogP contribution is 2.33. The third-order valence-electron chi connectivity index (χ3n) is 4.04. The Morgan fingerprint density at radius 3 is 2.76 bits per heavy atom. The smallest absolute Gasteiger partial charge is 0.232 e. The predicted molar refractivity (Wildman–Crippen MR) is 98.4 cm³/mol. The van der Waals surface area contributed by atoms with Crippen LogP contribution in [0.2, 0.25) is 0 Å². The summed E-state index contributed by atoms with van der Waals surface area (Å²) in [5.74, 6) is 2.63. The Morgan fingerprint density at radius 1 is 1.12 bits per heavy atom. The van der Waals surface area contributed by atoms with E-state index in [1.807, 2.05) is 31.3 Å². The number of ether oxygens (including phenoxy) is 1. The van der Waals surface area contributed by atoms with Gasteiger partial charge in [0.05, 0.1) is 6.61 Å². The van der Waals surface area contributed by atoms with E-state index in [9.17, 15) is 0 Å². The van der Waals surface area contributed by atoms with E-state index in [2.05, 4.69) is 42.8 Å². The average Bonchev–Trinajstić information content (AvgIpc) is 3.24. The van der Waals surface area contributed by atoms with E-state index in [1.165, 1.54) is 5.56 Å². The SMILES string of the molecule is CCOc1ccc(N2CCn3c(SCc4cccnc4)nnc32)cc1. The third kappa shape index (κ3) is 3.32. The van der Waals surface area contributed by atoms with E-state index in [4.69, 9.17) is 4.74 Å². The summed E-state index contributed by atoms with van der Waals surface area (Å²) in [6.45, 7) is 4.46. The van der Waals surface area contributed by atoms with Crippen LogP contribution < -0.4 is 9.64 Å². The van der Waals surface area contributed by atoms with Gasteiger partial charge in [0.25, 0.3) is 0 Å². The fourth-order valence-electron chi connectivity index (χ4n) is 2.85. The predicted octanol–water partition coefficient (Wildman–Crippen LogP) is 3.52. The van der Waals surface area contributed by atoms with Crippen LogP contribution in [0, 0.1) is 0 Å². The fourth-order valence-corrected chi connectivity index (χ4v) is 3.74. The van der Waals surface area contributed by atoms with Crippen LogP contribution >= 0.6 is 11.8 Å². The van der Waals surface area contributed by atoms with Crippen molar-refractivity contribution in [2.75, 3.05) is 18.1 Å². The van der Waals surface area contributed by atoms with Crippen molar-refractivity contribution in [3.05, 3.63) is 54.4 Å². The van der Waals surface area contributed by atoms with Crippen LogP contribution in [0.15, 0.2) is 53.9 Å². The first-order valence-corrected chi connectivity index (χ1v) is 9.29. The molecule has 0 N–H and O–H groups in total. The van der Waals surface area contributed by atoms with E-state index in [-0.39, 0.29) is 0 Å². The first kappa shape index (κ1) is 16.0. The number of anilines is 2. The molecule has 6 nitrogen and oxygen atoms in total. The summed E-state index contributed by atoms with van der Waals surface area (Å²) in [6.07, 6.45) is 3.68. The maximum Gasteiger partial charge on any atom is 0.232 e. The molecule has 0 atom stereocenters. The molecule has 1 aromatic carbocycles. The molecule has 0 aliphatic carbocycles. The van der Waals surface area contributed by atoms with Gasteiger partial charge in [-0.15, -0.1) is 10.2 Å². The molecule has 2 aromatic heterocycles. The Labute approximate surface area is 150 Å². The molecule has 7 heteroatoms. The average molecular weight is 353 g/mol. The van der Waals surface area contributed by atoms with E-state index >= 15 is 0 Å². The second-order valence-corrected chi connectivity index (χ2v) is 6.61. The molecule has 0 saturated carbocycles. The van der Waals surface area contributed by atoms with Gasteiger partial charge in [-0.3, -0.25) is 9.55 Å². The summed E-state index contributed by atoms with van der Waals surface area (Å²) in [4.78, 5) is 6.35. The molecule has 3 heterocycles. The van der Waals surface area contributed by atoms with Crippen molar-refractivity contribution in [2.24, 2.45) is 0 Å². The summed E-state index contributed by atoms with van der Waals surface area (Å²) in [6, 6.07) is 12.2. The standard InChI is InChI=1S/C18H19N5OS/c1-2-24-16-7-5-15(6-8-16)22-10-11-23-17(22)20-21-18(23)25-13-14-4-3-9-19-12-14/h3-9,12H,2,10-11,13H2,1H3. The Morgan fingerprint density at radius 2 is 2.00 bits per heavy atom. The van der Waals surface area contributed by atoms with Crippen molar-refractivity contribution in [3.63, 3.8) is 0 Å². The zero-order chi connectivity index (χ0) is 17.1. The van der Waals surface area contributed by atoms with E-state index in [0.717, 1.165) is 41.4 Å². The second-order valence-electron chi connectivity index (χ2n) is 5.66. The molecular weight excluding hydrogens is 334 g/mol. The lowest BCUT2D eigenvalue weighted by atomic mass is 10.3. The fraction of sp³-hybridized carbons (Fsp3) is 0.278. The molecule has 0 amide bonds. The molecule has 0 saturated heterocycles. The number of aromatic nitrogens is 4. The first-order chi connectivity index (χ1) is 12.3. The maximum atomic E-state index is 5.51. The lowest BCUT2D eigenvalue weighted by Crippen LogP contribution is -2.14. The number of hydrogen-bond donors (Lipinski definition) is 0. The summed E-state index contributed by atoms with van der Waals surface area (Å²) in [7, 11) is 0. The summed E-state index contributed by atoms with van der Waals surface area (Å²) < 4.78 is 7.69. The van der Waals surface area contributed by atoms with Crippen molar-refractivity contribution in [3.8, 4) is 5.75 Å². The van der Waals surface area contributed by atoms with Gasteiger partial charge in [0.15, 0.2) is 5.16 Å². The normalized spacial score (nSPS) is 13.1. The first-order valence-electron chi connectivity index (χ1n) is 8.30. The lowest BCUT2D eigenvalue weighted by Gasteiger charge is -2.15. The van der Waals surface area contributed by atoms with Crippen molar-refractivity contribution in [1.82, 2.24) is 19.7 Å². The minimum absolute atomic E-state index is 0.676. The second kappa shape index (κ2) is 7.14. The van der Waals surface area contributed by atoms with Crippen molar-refractivity contribution in [2.45, 2.75) is 24.4 Å². The van der Waals surface area contributed by atoms with Crippen LogP contribution in [0.5, 0.6) is 5.75 Å². The highest BCUT2D eigenvalue weighted by atomic mass is 32.2. The number of pyridine rings is 1. The monoisotopic (exact) mass is 353 g/mol. The molecular formula is C18H19N5OS. The quantitative estimate of drug-likeness (QED) is 0.632. The number of fused-ring (bicyclic) bond motifs is 1. The minimum Gasteiger partial charge on any atom is -0.494 e. The maximum absolute atomic E-state index is 5.51. The molecule has 1 aliphatic rings. The van der Waals surface area contributed by atoms with Gasteiger partial charge in [-0.1, -0.05) is 17.8 Å². The highest BCUT2D eigenvalue weighted by Gasteiger charge is 2.26. The van der Waals surface area contributed by atoms with Gasteiger partial charge in [-0.05, 0) is 42.8 Å². The molecule has 0 fully saturated rings. The van der Waals surface area contributed by atoms with E-state index < -0.39 is 0 Å². The Kier molecular flexibility index (Phi) is 4.56. The topological polar surface area (TPSA) is 56.1 Å². The number of hydrogen-bond acceptors (Lipinski definition) is 6. The van der Waals surface area contributed by atoms with Gasteiger partial charge in [0.2, 0.25) is 5.95 Å². The van der Waals surface area contributed by atoms with Crippen molar-refractivity contribution < 1.29 is 4.74 Å². The molecule has 4 rings (SSSR count). The Bertz CT molecular complexity index is 834. The molecule has 0 bridgehead atoms. The van der Waals surface area contributed by atoms with Gasteiger partial charge in [-0.25, -0.2) is 0 Å². The van der Waals surface area contributed by atoms with Crippen LogP contribution in [-0.4, -0.2) is 32.9 Å². The van der Waals surface area contributed by atoms with Gasteiger partial charge in [-0.2, -0.15) is 0 Å². The molecule has 0 spiro atoms. The van der Waals surface area contributed by atoms with Crippen molar-refractivity contribution >= 4 is 23.4 Å². The lowest BCUT2D eigenvalue weighted by molar-refractivity contribution is 0.340. The molecule has 3 aromatic rings. The molecule has 0 radical (unpaired) electrons.